The van der Waals surface area contributed by atoms with E-state index in [-0.39, 0.29) is 26.6 Å². The first-order valence-corrected chi connectivity index (χ1v) is 9.15. The van der Waals surface area contributed by atoms with Gasteiger partial charge in [-0.15, -0.1) is 0 Å². The van der Waals surface area contributed by atoms with E-state index in [0.29, 0.717) is 5.69 Å². The first-order valence-electron chi connectivity index (χ1n) is 6.91. The molecule has 0 aromatic heterocycles. The topological polar surface area (TPSA) is 55.4 Å². The van der Waals surface area contributed by atoms with Crippen molar-refractivity contribution in [2.75, 3.05) is 11.8 Å². The Morgan fingerprint density at radius 1 is 1.09 bits per heavy atom. The van der Waals surface area contributed by atoms with E-state index >= 15 is 0 Å². The van der Waals surface area contributed by atoms with Crippen molar-refractivity contribution in [2.24, 2.45) is 0 Å². The molecule has 0 saturated carbocycles. The molecular weight excluding hydrogens is 357 g/mol. The number of ether oxygens (including phenoxy) is 1. The molecular formula is C16H17Cl2NO3S. The molecule has 0 spiro atoms. The summed E-state index contributed by atoms with van der Waals surface area (Å²) < 4.78 is 33.2. The lowest BCUT2D eigenvalue weighted by atomic mass is 10.0. The van der Waals surface area contributed by atoms with Crippen LogP contribution in [0.25, 0.3) is 0 Å². The molecule has 4 nitrogen and oxygen atoms in total. The number of para-hydroxylation sites is 1. The van der Waals surface area contributed by atoms with Crippen molar-refractivity contribution < 1.29 is 13.2 Å². The number of benzene rings is 2. The van der Waals surface area contributed by atoms with Crippen LogP contribution < -0.4 is 9.46 Å². The van der Waals surface area contributed by atoms with E-state index in [4.69, 9.17) is 27.9 Å². The van der Waals surface area contributed by atoms with Gasteiger partial charge in [0, 0.05) is 0 Å². The van der Waals surface area contributed by atoms with E-state index in [1.807, 2.05) is 26.0 Å². The van der Waals surface area contributed by atoms with Gasteiger partial charge >= 0.3 is 0 Å². The van der Waals surface area contributed by atoms with Crippen LogP contribution in [0.4, 0.5) is 5.69 Å². The first kappa shape index (κ1) is 17.9. The van der Waals surface area contributed by atoms with E-state index in [0.717, 1.165) is 5.56 Å². The number of rotatable bonds is 5. The van der Waals surface area contributed by atoms with Crippen LogP contribution in [-0.4, -0.2) is 15.5 Å². The Balaban J connectivity index is 2.51. The van der Waals surface area contributed by atoms with Crippen molar-refractivity contribution >= 4 is 38.9 Å². The van der Waals surface area contributed by atoms with Crippen molar-refractivity contribution in [3.8, 4) is 5.75 Å². The maximum atomic E-state index is 12.7. The molecule has 0 heterocycles. The third-order valence-electron chi connectivity index (χ3n) is 3.33. The molecule has 2 aromatic carbocycles. The summed E-state index contributed by atoms with van der Waals surface area (Å²) in [4.78, 5) is -0.0621. The highest BCUT2D eigenvalue weighted by molar-refractivity contribution is 7.92. The van der Waals surface area contributed by atoms with Crippen molar-refractivity contribution in [1.29, 1.82) is 0 Å². The largest absolute Gasteiger partial charge is 0.494 e. The summed E-state index contributed by atoms with van der Waals surface area (Å²) in [6, 6.07) is 10.0. The molecule has 124 valence electrons. The predicted octanol–water partition coefficient (Wildman–Crippen LogP) is 4.93. The number of hydrogen-bond acceptors (Lipinski definition) is 3. The number of halogens is 2. The summed E-state index contributed by atoms with van der Waals surface area (Å²) in [5, 5.41) is 0.291. The molecule has 2 aromatic rings. The molecule has 0 atom stereocenters. The summed E-state index contributed by atoms with van der Waals surface area (Å²) in [6.07, 6.45) is 0. The predicted molar refractivity (Wildman–Crippen MR) is 94.4 cm³/mol. The Labute approximate surface area is 146 Å². The molecule has 0 amide bonds. The zero-order valence-electron chi connectivity index (χ0n) is 12.9. The molecule has 0 unspecified atom stereocenters. The number of hydrogen-bond donors (Lipinski definition) is 1. The summed E-state index contributed by atoms with van der Waals surface area (Å²) in [6.45, 7) is 3.99. The van der Waals surface area contributed by atoms with E-state index in [1.54, 1.807) is 12.1 Å². The number of methoxy groups -OCH3 is 1. The minimum Gasteiger partial charge on any atom is -0.494 e. The molecule has 7 heteroatoms. The quantitative estimate of drug-likeness (QED) is 0.808. The van der Waals surface area contributed by atoms with Gasteiger partial charge in [0.15, 0.2) is 5.75 Å². The fourth-order valence-corrected chi connectivity index (χ4v) is 3.92. The van der Waals surface area contributed by atoms with Gasteiger partial charge in [0.2, 0.25) is 0 Å². The average Bonchev–Trinajstić information content (AvgIpc) is 2.49. The monoisotopic (exact) mass is 373 g/mol. The minimum atomic E-state index is -3.87. The Hall–Kier alpha value is -1.43. The Morgan fingerprint density at radius 3 is 2.35 bits per heavy atom. The molecule has 0 aliphatic rings. The lowest BCUT2D eigenvalue weighted by Gasteiger charge is -2.17. The number of sulfonamides is 1. The van der Waals surface area contributed by atoms with Crippen molar-refractivity contribution in [3.63, 3.8) is 0 Å². The normalized spacial score (nSPS) is 11.6. The van der Waals surface area contributed by atoms with E-state index in [2.05, 4.69) is 4.72 Å². The zero-order chi connectivity index (χ0) is 17.2. The molecule has 0 fully saturated rings. The van der Waals surface area contributed by atoms with Crippen LogP contribution in [0.1, 0.15) is 25.3 Å². The highest BCUT2D eigenvalue weighted by Crippen LogP contribution is 2.38. The van der Waals surface area contributed by atoms with Gasteiger partial charge in [0.1, 0.15) is 9.92 Å². The molecule has 23 heavy (non-hydrogen) atoms. The highest BCUT2D eigenvalue weighted by atomic mass is 35.5. The molecule has 0 saturated heterocycles. The molecule has 2 rings (SSSR count). The van der Waals surface area contributed by atoms with Gasteiger partial charge in [-0.2, -0.15) is 0 Å². The maximum Gasteiger partial charge on any atom is 0.265 e. The first-order chi connectivity index (χ1) is 10.8. The molecule has 0 aliphatic heterocycles. The smallest absolute Gasteiger partial charge is 0.265 e. The van der Waals surface area contributed by atoms with Gasteiger partial charge in [-0.05, 0) is 29.7 Å². The van der Waals surface area contributed by atoms with Gasteiger partial charge in [-0.3, -0.25) is 4.72 Å². The van der Waals surface area contributed by atoms with Gasteiger partial charge in [-0.25, -0.2) is 8.42 Å². The van der Waals surface area contributed by atoms with Gasteiger partial charge < -0.3 is 4.74 Å². The van der Waals surface area contributed by atoms with Gasteiger partial charge in [0.05, 0.1) is 17.8 Å². The highest BCUT2D eigenvalue weighted by Gasteiger charge is 2.24. The summed E-state index contributed by atoms with van der Waals surface area (Å²) in [5.41, 5.74) is 1.42. The van der Waals surface area contributed by atoms with Crippen LogP contribution in [-0.2, 0) is 10.0 Å². The average molecular weight is 374 g/mol. The standard InChI is InChI=1S/C16H17Cl2NO3S/c1-10(2)11-6-4-5-7-13(11)19-23(20,21)14-9-8-12(17)15(18)16(14)22-3/h4-10,19H,1-3H3. The molecule has 0 bridgehead atoms. The Bertz CT molecular complexity index is 820. The lowest BCUT2D eigenvalue weighted by molar-refractivity contribution is 0.403. The van der Waals surface area contributed by atoms with Crippen LogP contribution in [0.5, 0.6) is 5.75 Å². The second-order valence-electron chi connectivity index (χ2n) is 5.24. The maximum absolute atomic E-state index is 12.7. The molecule has 0 radical (unpaired) electrons. The van der Waals surface area contributed by atoms with Crippen LogP contribution in [0.2, 0.25) is 10.0 Å². The summed E-state index contributed by atoms with van der Waals surface area (Å²) >= 11 is 12.0. The summed E-state index contributed by atoms with van der Waals surface area (Å²) in [5.74, 6) is 0.193. The second kappa shape index (κ2) is 6.99. The third-order valence-corrected chi connectivity index (χ3v) is 5.51. The second-order valence-corrected chi connectivity index (χ2v) is 7.68. The van der Waals surface area contributed by atoms with Crippen LogP contribution in [0.15, 0.2) is 41.3 Å². The van der Waals surface area contributed by atoms with Crippen molar-refractivity contribution in [2.45, 2.75) is 24.7 Å². The van der Waals surface area contributed by atoms with Crippen molar-refractivity contribution in [3.05, 3.63) is 52.0 Å². The van der Waals surface area contributed by atoms with Gasteiger partial charge in [-0.1, -0.05) is 55.2 Å². The molecule has 0 aliphatic carbocycles. The number of anilines is 1. The summed E-state index contributed by atoms with van der Waals surface area (Å²) in [7, 11) is -2.52. The minimum absolute atomic E-state index is 0.0219. The Morgan fingerprint density at radius 2 is 1.74 bits per heavy atom. The van der Waals surface area contributed by atoms with Crippen LogP contribution >= 0.6 is 23.2 Å². The van der Waals surface area contributed by atoms with Crippen molar-refractivity contribution in [1.82, 2.24) is 0 Å². The lowest BCUT2D eigenvalue weighted by Crippen LogP contribution is -2.15. The van der Waals surface area contributed by atoms with E-state index in [1.165, 1.54) is 19.2 Å². The number of nitrogens with one attached hydrogen (secondary N) is 1. The zero-order valence-corrected chi connectivity index (χ0v) is 15.3. The fourth-order valence-electron chi connectivity index (χ4n) is 2.21. The molecule has 1 N–H and O–H groups in total. The van der Waals surface area contributed by atoms with Gasteiger partial charge in [0.25, 0.3) is 10.0 Å². The van der Waals surface area contributed by atoms with Crippen LogP contribution in [0, 0.1) is 0 Å². The fraction of sp³-hybridized carbons (Fsp3) is 0.250. The third kappa shape index (κ3) is 3.74. The Kier molecular flexibility index (Phi) is 5.45. The van der Waals surface area contributed by atoms with Crippen LogP contribution in [0.3, 0.4) is 0 Å². The van der Waals surface area contributed by atoms with E-state index in [9.17, 15) is 8.42 Å². The van der Waals surface area contributed by atoms with E-state index < -0.39 is 10.0 Å². The SMILES string of the molecule is COc1c(S(=O)(=O)Nc2ccccc2C(C)C)ccc(Cl)c1Cl.